The molecule has 0 atom stereocenters. The van der Waals surface area contributed by atoms with Gasteiger partial charge in [-0.2, -0.15) is 0 Å². The number of non-ortho nitro benzene ring substituents is 1. The van der Waals surface area contributed by atoms with Crippen LogP contribution in [0.4, 0.5) is 5.69 Å². The van der Waals surface area contributed by atoms with E-state index in [2.05, 4.69) is 15.9 Å². The largest absolute Gasteiger partial charge is 0.478 e. The van der Waals surface area contributed by atoms with E-state index in [1.54, 1.807) is 25.1 Å². The Morgan fingerprint density at radius 3 is 2.57 bits per heavy atom. The fraction of sp³-hybridized carbons (Fsp3) is 0.0714. The summed E-state index contributed by atoms with van der Waals surface area (Å²) in [5.74, 6) is -0.974. The van der Waals surface area contributed by atoms with Crippen LogP contribution in [0, 0.1) is 17.0 Å². The van der Waals surface area contributed by atoms with Gasteiger partial charge in [-0.05, 0) is 46.6 Å². The van der Waals surface area contributed by atoms with Crippen molar-refractivity contribution >= 4 is 39.3 Å². The van der Waals surface area contributed by atoms with Gasteiger partial charge in [0.05, 0.1) is 10.5 Å². The molecule has 0 saturated heterocycles. The summed E-state index contributed by atoms with van der Waals surface area (Å²) in [5.41, 5.74) is 0.939. The molecule has 5 nitrogen and oxygen atoms in total. The van der Waals surface area contributed by atoms with Crippen LogP contribution in [0.5, 0.6) is 0 Å². The summed E-state index contributed by atoms with van der Waals surface area (Å²) in [6.45, 7) is 1.74. The summed E-state index contributed by atoms with van der Waals surface area (Å²) in [4.78, 5) is 22.9. The van der Waals surface area contributed by atoms with Crippen LogP contribution in [-0.4, -0.2) is 16.0 Å². The number of nitro groups is 1. The number of carboxylic acids is 1. The SMILES string of the molecule is Cc1ccc(Sc2ccc([N+](=O)[O-])cc2Br)cc1C(=O)O. The molecule has 0 spiro atoms. The molecule has 2 rings (SSSR count). The summed E-state index contributed by atoms with van der Waals surface area (Å²) in [5, 5.41) is 19.8. The van der Waals surface area contributed by atoms with Crippen molar-refractivity contribution in [1.29, 1.82) is 0 Å². The van der Waals surface area contributed by atoms with E-state index in [-0.39, 0.29) is 11.3 Å². The molecular formula is C14H10BrNO4S. The highest BCUT2D eigenvalue weighted by molar-refractivity contribution is 9.10. The monoisotopic (exact) mass is 367 g/mol. The first-order chi connectivity index (χ1) is 9.88. The average Bonchev–Trinajstić information content (AvgIpc) is 2.42. The Morgan fingerprint density at radius 2 is 2.00 bits per heavy atom. The van der Waals surface area contributed by atoms with Crippen molar-refractivity contribution in [3.05, 3.63) is 62.1 Å². The van der Waals surface area contributed by atoms with Gasteiger partial charge < -0.3 is 5.11 Å². The molecule has 0 fully saturated rings. The van der Waals surface area contributed by atoms with Gasteiger partial charge in [-0.1, -0.05) is 17.8 Å². The minimum absolute atomic E-state index is 0.00126. The lowest BCUT2D eigenvalue weighted by Crippen LogP contribution is -1.99. The summed E-state index contributed by atoms with van der Waals surface area (Å²) >= 11 is 4.64. The molecule has 0 aliphatic carbocycles. The zero-order valence-corrected chi connectivity index (χ0v) is 13.3. The number of aryl methyl sites for hydroxylation is 1. The Bertz CT molecular complexity index is 733. The van der Waals surface area contributed by atoms with Gasteiger partial charge >= 0.3 is 5.97 Å². The molecule has 0 aliphatic heterocycles. The van der Waals surface area contributed by atoms with E-state index in [1.807, 2.05) is 6.07 Å². The normalized spacial score (nSPS) is 10.4. The van der Waals surface area contributed by atoms with E-state index >= 15 is 0 Å². The standard InChI is InChI=1S/C14H10BrNO4S/c1-8-2-4-10(7-11(8)14(17)18)21-13-5-3-9(16(19)20)6-12(13)15/h2-7H,1H3,(H,17,18). The number of halogens is 1. The number of nitro benzene ring substituents is 1. The minimum atomic E-state index is -0.974. The van der Waals surface area contributed by atoms with E-state index < -0.39 is 10.9 Å². The van der Waals surface area contributed by atoms with E-state index in [0.717, 1.165) is 9.79 Å². The van der Waals surface area contributed by atoms with Gasteiger partial charge in [0.25, 0.3) is 5.69 Å². The minimum Gasteiger partial charge on any atom is -0.478 e. The van der Waals surface area contributed by atoms with Crippen molar-refractivity contribution in [2.45, 2.75) is 16.7 Å². The zero-order chi connectivity index (χ0) is 15.6. The van der Waals surface area contributed by atoms with Crippen LogP contribution >= 0.6 is 27.7 Å². The van der Waals surface area contributed by atoms with Crippen LogP contribution in [0.1, 0.15) is 15.9 Å². The molecule has 0 aromatic heterocycles. The lowest BCUT2D eigenvalue weighted by molar-refractivity contribution is -0.385. The third-order valence-electron chi connectivity index (χ3n) is 2.79. The molecular weight excluding hydrogens is 358 g/mol. The number of carboxylic acid groups (broad SMARTS) is 1. The Hall–Kier alpha value is -1.86. The maximum Gasteiger partial charge on any atom is 0.335 e. The van der Waals surface area contributed by atoms with Crippen LogP contribution in [-0.2, 0) is 0 Å². The van der Waals surface area contributed by atoms with Gasteiger partial charge in [-0.3, -0.25) is 10.1 Å². The average molecular weight is 368 g/mol. The predicted molar refractivity (Wildman–Crippen MR) is 83.1 cm³/mol. The number of hydrogen-bond acceptors (Lipinski definition) is 4. The lowest BCUT2D eigenvalue weighted by atomic mass is 10.1. The second-order valence-corrected chi connectivity index (χ2v) is 6.23. The Labute approximate surface area is 133 Å². The molecule has 0 saturated carbocycles. The van der Waals surface area contributed by atoms with Crippen molar-refractivity contribution in [2.75, 3.05) is 0 Å². The molecule has 0 heterocycles. The van der Waals surface area contributed by atoms with E-state index in [1.165, 1.54) is 23.9 Å². The predicted octanol–water partition coefficient (Wildman–Crippen LogP) is 4.52. The third kappa shape index (κ3) is 3.62. The van der Waals surface area contributed by atoms with Gasteiger partial charge in [-0.25, -0.2) is 4.79 Å². The van der Waals surface area contributed by atoms with Crippen LogP contribution in [0.25, 0.3) is 0 Å². The molecule has 21 heavy (non-hydrogen) atoms. The second-order valence-electron chi connectivity index (χ2n) is 4.26. The molecule has 0 unspecified atom stereocenters. The molecule has 2 aromatic carbocycles. The van der Waals surface area contributed by atoms with E-state index in [4.69, 9.17) is 5.11 Å². The van der Waals surface area contributed by atoms with Gasteiger partial charge in [0.1, 0.15) is 0 Å². The van der Waals surface area contributed by atoms with Gasteiger partial charge in [-0.15, -0.1) is 0 Å². The number of aromatic carboxylic acids is 1. The first-order valence-electron chi connectivity index (χ1n) is 5.84. The first kappa shape index (κ1) is 15.5. The Balaban J connectivity index is 2.32. The van der Waals surface area contributed by atoms with Crippen molar-refractivity contribution in [2.24, 2.45) is 0 Å². The van der Waals surface area contributed by atoms with Crippen molar-refractivity contribution in [3.8, 4) is 0 Å². The molecule has 108 valence electrons. The molecule has 0 radical (unpaired) electrons. The number of benzene rings is 2. The van der Waals surface area contributed by atoms with E-state index in [9.17, 15) is 14.9 Å². The highest BCUT2D eigenvalue weighted by atomic mass is 79.9. The topological polar surface area (TPSA) is 80.4 Å². The first-order valence-corrected chi connectivity index (χ1v) is 7.45. The van der Waals surface area contributed by atoms with Gasteiger partial charge in [0.15, 0.2) is 0 Å². The Kier molecular flexibility index (Phi) is 4.64. The zero-order valence-electron chi connectivity index (χ0n) is 10.9. The maximum atomic E-state index is 11.1. The van der Waals surface area contributed by atoms with Gasteiger partial charge in [0.2, 0.25) is 0 Å². The summed E-state index contributed by atoms with van der Waals surface area (Å²) in [6.07, 6.45) is 0. The molecule has 0 aliphatic rings. The van der Waals surface area contributed by atoms with Gasteiger partial charge in [0, 0.05) is 26.4 Å². The Morgan fingerprint density at radius 1 is 1.29 bits per heavy atom. The maximum absolute atomic E-state index is 11.1. The van der Waals surface area contributed by atoms with Crippen LogP contribution in [0.3, 0.4) is 0 Å². The summed E-state index contributed by atoms with van der Waals surface area (Å²) < 4.78 is 0.596. The number of nitrogens with zero attached hydrogens (tertiary/aromatic N) is 1. The molecule has 0 bridgehead atoms. The smallest absolute Gasteiger partial charge is 0.335 e. The van der Waals surface area contributed by atoms with Crippen LogP contribution in [0.15, 0.2) is 50.7 Å². The van der Waals surface area contributed by atoms with Crippen LogP contribution < -0.4 is 0 Å². The highest BCUT2D eigenvalue weighted by Crippen LogP contribution is 2.36. The molecule has 7 heteroatoms. The molecule has 1 N–H and O–H groups in total. The number of rotatable bonds is 4. The number of hydrogen-bond donors (Lipinski definition) is 1. The van der Waals surface area contributed by atoms with Crippen molar-refractivity contribution in [1.82, 2.24) is 0 Å². The summed E-state index contributed by atoms with van der Waals surface area (Å²) in [6, 6.07) is 9.63. The van der Waals surface area contributed by atoms with E-state index in [0.29, 0.717) is 10.0 Å². The molecule has 2 aromatic rings. The molecule has 0 amide bonds. The fourth-order valence-electron chi connectivity index (χ4n) is 1.71. The van der Waals surface area contributed by atoms with Crippen LogP contribution in [0.2, 0.25) is 0 Å². The number of carbonyl (C=O) groups is 1. The second kappa shape index (κ2) is 6.28. The third-order valence-corrected chi connectivity index (χ3v) is 4.78. The summed E-state index contributed by atoms with van der Waals surface area (Å²) in [7, 11) is 0. The quantitative estimate of drug-likeness (QED) is 0.634. The lowest BCUT2D eigenvalue weighted by Gasteiger charge is -2.07. The van der Waals surface area contributed by atoms with Crippen molar-refractivity contribution < 1.29 is 14.8 Å². The highest BCUT2D eigenvalue weighted by Gasteiger charge is 2.12. The fourth-order valence-corrected chi connectivity index (χ4v) is 3.18. The van der Waals surface area contributed by atoms with Crippen molar-refractivity contribution in [3.63, 3.8) is 0 Å².